The molecule has 2 heterocycles. The molecule has 0 radical (unpaired) electrons. The van der Waals surface area contributed by atoms with Crippen LogP contribution in [-0.4, -0.2) is 37.1 Å². The SMILES string of the molecule is O=C(/C=C/c1sc2ccccc2c1Cl)NCc1ccc(CN2CCOCC2)cc1. The molecule has 0 saturated carbocycles. The maximum absolute atomic E-state index is 12.2. The van der Waals surface area contributed by atoms with Gasteiger partial charge >= 0.3 is 0 Å². The summed E-state index contributed by atoms with van der Waals surface area (Å²) in [4.78, 5) is 15.5. The van der Waals surface area contributed by atoms with E-state index in [0.29, 0.717) is 11.6 Å². The molecule has 0 bridgehead atoms. The van der Waals surface area contributed by atoms with Gasteiger partial charge in [0.05, 0.1) is 18.2 Å². The van der Waals surface area contributed by atoms with Gasteiger partial charge in [0.2, 0.25) is 5.91 Å². The average Bonchev–Trinajstić information content (AvgIpc) is 3.08. The highest BCUT2D eigenvalue weighted by Crippen LogP contribution is 2.35. The van der Waals surface area contributed by atoms with Gasteiger partial charge < -0.3 is 10.1 Å². The fourth-order valence-corrected chi connectivity index (χ4v) is 4.72. The third-order valence-electron chi connectivity index (χ3n) is 4.95. The molecule has 1 N–H and O–H groups in total. The number of rotatable bonds is 6. The van der Waals surface area contributed by atoms with Gasteiger partial charge in [0.15, 0.2) is 0 Å². The van der Waals surface area contributed by atoms with Crippen molar-refractivity contribution in [1.29, 1.82) is 0 Å². The Morgan fingerprint density at radius 3 is 2.59 bits per heavy atom. The number of ether oxygens (including phenoxy) is 1. The molecule has 0 aliphatic carbocycles. The Balaban J connectivity index is 1.29. The first-order chi connectivity index (χ1) is 14.2. The van der Waals surface area contributed by atoms with Crippen LogP contribution in [0, 0.1) is 0 Å². The van der Waals surface area contributed by atoms with E-state index in [4.69, 9.17) is 16.3 Å². The molecular weight excluding hydrogens is 404 g/mol. The number of fused-ring (bicyclic) bond motifs is 1. The summed E-state index contributed by atoms with van der Waals surface area (Å²) in [7, 11) is 0. The molecule has 1 fully saturated rings. The predicted molar refractivity (Wildman–Crippen MR) is 120 cm³/mol. The average molecular weight is 427 g/mol. The quantitative estimate of drug-likeness (QED) is 0.580. The number of amides is 1. The van der Waals surface area contributed by atoms with Gasteiger partial charge in [0.25, 0.3) is 0 Å². The first kappa shape index (κ1) is 20.1. The fourth-order valence-electron chi connectivity index (χ4n) is 3.32. The molecule has 0 atom stereocenters. The van der Waals surface area contributed by atoms with Crippen LogP contribution in [0.3, 0.4) is 0 Å². The van der Waals surface area contributed by atoms with Crippen LogP contribution in [0.4, 0.5) is 0 Å². The van der Waals surface area contributed by atoms with E-state index < -0.39 is 0 Å². The van der Waals surface area contributed by atoms with Gasteiger partial charge in [0.1, 0.15) is 0 Å². The molecule has 29 heavy (non-hydrogen) atoms. The molecule has 1 amide bonds. The molecule has 1 aliphatic rings. The molecule has 4 rings (SSSR count). The van der Waals surface area contributed by atoms with Crippen LogP contribution in [-0.2, 0) is 22.6 Å². The van der Waals surface area contributed by atoms with Crippen molar-refractivity contribution in [1.82, 2.24) is 10.2 Å². The van der Waals surface area contributed by atoms with Gasteiger partial charge in [-0.15, -0.1) is 11.3 Å². The van der Waals surface area contributed by atoms with Gasteiger partial charge in [-0.05, 0) is 23.3 Å². The van der Waals surface area contributed by atoms with Crippen LogP contribution in [0.1, 0.15) is 16.0 Å². The summed E-state index contributed by atoms with van der Waals surface area (Å²) < 4.78 is 6.51. The van der Waals surface area contributed by atoms with Crippen LogP contribution in [0.15, 0.2) is 54.6 Å². The summed E-state index contributed by atoms with van der Waals surface area (Å²) in [6.45, 7) is 5.02. The summed E-state index contributed by atoms with van der Waals surface area (Å²) in [5.74, 6) is -0.129. The Morgan fingerprint density at radius 1 is 1.10 bits per heavy atom. The topological polar surface area (TPSA) is 41.6 Å². The van der Waals surface area contributed by atoms with Crippen LogP contribution in [0.5, 0.6) is 0 Å². The second-order valence-corrected chi connectivity index (χ2v) is 8.49. The number of carbonyl (C=O) groups excluding carboxylic acids is 1. The van der Waals surface area contributed by atoms with Crippen molar-refractivity contribution >= 4 is 45.0 Å². The largest absolute Gasteiger partial charge is 0.379 e. The van der Waals surface area contributed by atoms with Crippen LogP contribution in [0.25, 0.3) is 16.2 Å². The Bertz CT molecular complexity index is 1010. The second kappa shape index (κ2) is 9.55. The minimum absolute atomic E-state index is 0.129. The van der Waals surface area contributed by atoms with Crippen molar-refractivity contribution in [2.45, 2.75) is 13.1 Å². The van der Waals surface area contributed by atoms with Crippen LogP contribution < -0.4 is 5.32 Å². The zero-order valence-electron chi connectivity index (χ0n) is 16.1. The number of nitrogens with one attached hydrogen (secondary N) is 1. The lowest BCUT2D eigenvalue weighted by molar-refractivity contribution is -0.116. The molecule has 0 spiro atoms. The highest BCUT2D eigenvalue weighted by molar-refractivity contribution is 7.20. The minimum atomic E-state index is -0.129. The summed E-state index contributed by atoms with van der Waals surface area (Å²) in [5.41, 5.74) is 2.36. The van der Waals surface area contributed by atoms with E-state index in [9.17, 15) is 4.79 Å². The zero-order valence-corrected chi connectivity index (χ0v) is 17.6. The number of hydrogen-bond donors (Lipinski definition) is 1. The first-order valence-electron chi connectivity index (χ1n) is 9.70. The standard InChI is InChI=1S/C23H23ClN2O2S/c24-23-19-3-1-2-4-20(19)29-21(23)9-10-22(27)25-15-17-5-7-18(8-6-17)16-26-11-13-28-14-12-26/h1-10H,11-16H2,(H,25,27)/b10-9+. The summed E-state index contributed by atoms with van der Waals surface area (Å²) >= 11 is 8.00. The van der Waals surface area contributed by atoms with Crippen molar-refractivity contribution in [3.05, 3.63) is 75.6 Å². The molecule has 3 aromatic rings. The highest BCUT2D eigenvalue weighted by atomic mass is 35.5. The Labute approximate surface area is 179 Å². The predicted octanol–water partition coefficient (Wildman–Crippen LogP) is 4.72. The molecule has 1 saturated heterocycles. The van der Waals surface area contributed by atoms with Gasteiger partial charge in [0, 0.05) is 47.2 Å². The van der Waals surface area contributed by atoms with Crippen molar-refractivity contribution in [2.75, 3.05) is 26.3 Å². The monoisotopic (exact) mass is 426 g/mol. The molecule has 1 aromatic heterocycles. The van der Waals surface area contributed by atoms with Crippen molar-refractivity contribution in [3.63, 3.8) is 0 Å². The maximum atomic E-state index is 12.2. The van der Waals surface area contributed by atoms with Crippen LogP contribution >= 0.6 is 22.9 Å². The Hall–Kier alpha value is -2.18. The van der Waals surface area contributed by atoms with E-state index in [0.717, 1.165) is 53.4 Å². The maximum Gasteiger partial charge on any atom is 0.244 e. The van der Waals surface area contributed by atoms with E-state index in [1.165, 1.54) is 5.56 Å². The minimum Gasteiger partial charge on any atom is -0.379 e. The third-order valence-corrected chi connectivity index (χ3v) is 6.60. The number of nitrogens with zero attached hydrogens (tertiary/aromatic N) is 1. The lowest BCUT2D eigenvalue weighted by Gasteiger charge is -2.26. The molecule has 150 valence electrons. The van der Waals surface area contributed by atoms with E-state index in [1.54, 1.807) is 23.5 Å². The summed E-state index contributed by atoms with van der Waals surface area (Å²) in [6.07, 6.45) is 3.33. The lowest BCUT2D eigenvalue weighted by Crippen LogP contribution is -2.35. The lowest BCUT2D eigenvalue weighted by atomic mass is 10.1. The molecule has 0 unspecified atom stereocenters. The number of halogens is 1. The number of carbonyl (C=O) groups is 1. The molecule has 6 heteroatoms. The number of morpholine rings is 1. The number of benzene rings is 2. The van der Waals surface area contributed by atoms with Gasteiger partial charge in [-0.2, -0.15) is 0 Å². The molecule has 2 aromatic carbocycles. The van der Waals surface area contributed by atoms with Gasteiger partial charge in [-0.25, -0.2) is 0 Å². The summed E-state index contributed by atoms with van der Waals surface area (Å²) in [6, 6.07) is 16.4. The summed E-state index contributed by atoms with van der Waals surface area (Å²) in [5, 5.41) is 4.66. The smallest absolute Gasteiger partial charge is 0.244 e. The van der Waals surface area contributed by atoms with Gasteiger partial charge in [-0.3, -0.25) is 9.69 Å². The Morgan fingerprint density at radius 2 is 1.83 bits per heavy atom. The van der Waals surface area contributed by atoms with Crippen molar-refractivity contribution < 1.29 is 9.53 Å². The van der Waals surface area contributed by atoms with E-state index in [1.807, 2.05) is 24.3 Å². The highest BCUT2D eigenvalue weighted by Gasteiger charge is 2.10. The third kappa shape index (κ3) is 5.25. The molecular formula is C23H23ClN2O2S. The molecule has 4 nitrogen and oxygen atoms in total. The zero-order chi connectivity index (χ0) is 20.1. The normalized spacial score (nSPS) is 15.2. The second-order valence-electron chi connectivity index (χ2n) is 7.03. The van der Waals surface area contributed by atoms with Crippen molar-refractivity contribution in [2.24, 2.45) is 0 Å². The fraction of sp³-hybridized carbons (Fsp3) is 0.261. The van der Waals surface area contributed by atoms with Crippen LogP contribution in [0.2, 0.25) is 5.02 Å². The Kier molecular flexibility index (Phi) is 6.62. The number of thiophene rings is 1. The molecule has 1 aliphatic heterocycles. The van der Waals surface area contributed by atoms with Gasteiger partial charge in [-0.1, -0.05) is 54.1 Å². The van der Waals surface area contributed by atoms with Crippen molar-refractivity contribution in [3.8, 4) is 0 Å². The first-order valence-corrected chi connectivity index (χ1v) is 10.9. The van der Waals surface area contributed by atoms with E-state index in [2.05, 4.69) is 34.5 Å². The van der Waals surface area contributed by atoms with E-state index in [-0.39, 0.29) is 5.91 Å². The van der Waals surface area contributed by atoms with E-state index >= 15 is 0 Å². The number of hydrogen-bond acceptors (Lipinski definition) is 4.